The van der Waals surface area contributed by atoms with Gasteiger partial charge in [-0.2, -0.15) is 17.2 Å². The molecule has 56 heavy (non-hydrogen) atoms. The van der Waals surface area contributed by atoms with Crippen molar-refractivity contribution in [2.75, 3.05) is 0 Å². The van der Waals surface area contributed by atoms with Crippen LogP contribution >= 0.6 is 0 Å². The molecule has 0 saturated carbocycles. The van der Waals surface area contributed by atoms with E-state index < -0.39 is 0 Å². The van der Waals surface area contributed by atoms with Crippen LogP contribution in [0.5, 0.6) is 11.5 Å². The first-order valence-electron chi connectivity index (χ1n) is 20.2. The molecule has 0 atom stereocenters. The Bertz CT molecular complexity index is 2450. The molecule has 0 bridgehead atoms. The maximum absolute atomic E-state index is 6.51. The predicted octanol–water partition coefficient (Wildman–Crippen LogP) is 13.2. The van der Waals surface area contributed by atoms with Crippen LogP contribution in [0.4, 0.5) is 0 Å². The molecule has 0 saturated heterocycles. The van der Waals surface area contributed by atoms with E-state index in [1.165, 1.54) is 16.7 Å². The zero-order chi connectivity index (χ0) is 39.1. The molecular formula is C50H56N4OPt. The molecule has 0 radical (unpaired) electrons. The smallest absolute Gasteiger partial charge is 0.509 e. The van der Waals surface area contributed by atoms with Gasteiger partial charge in [0.05, 0.1) is 6.20 Å². The first-order valence-corrected chi connectivity index (χ1v) is 20.2. The molecule has 0 N–H and O–H groups in total. The minimum absolute atomic E-state index is 0. The van der Waals surface area contributed by atoms with Crippen LogP contribution in [0.15, 0.2) is 85.3 Å². The van der Waals surface area contributed by atoms with Gasteiger partial charge in [-0.3, -0.25) is 4.68 Å². The number of benzene rings is 4. The van der Waals surface area contributed by atoms with E-state index >= 15 is 0 Å². The molecule has 3 heterocycles. The normalized spacial score (nSPS) is 12.0. The van der Waals surface area contributed by atoms with Gasteiger partial charge in [0.2, 0.25) is 0 Å². The summed E-state index contributed by atoms with van der Waals surface area (Å²) in [6.07, 6.45) is 12.8. The third kappa shape index (κ3) is 7.90. The van der Waals surface area contributed by atoms with E-state index in [1.807, 2.05) is 41.2 Å². The van der Waals surface area contributed by atoms with Crippen LogP contribution in [-0.4, -0.2) is 19.3 Å². The third-order valence-electron chi connectivity index (χ3n) is 10.6. The van der Waals surface area contributed by atoms with Gasteiger partial charge in [0.1, 0.15) is 5.82 Å². The van der Waals surface area contributed by atoms with Gasteiger partial charge in [-0.15, -0.1) is 35.7 Å². The first-order chi connectivity index (χ1) is 26.3. The second-order valence-electron chi connectivity index (χ2n) is 17.1. The van der Waals surface area contributed by atoms with Crippen molar-refractivity contribution in [3.8, 4) is 34.1 Å². The fourth-order valence-corrected chi connectivity index (χ4v) is 8.60. The van der Waals surface area contributed by atoms with Crippen LogP contribution in [0.3, 0.4) is 0 Å². The van der Waals surface area contributed by atoms with Gasteiger partial charge < -0.3 is 9.30 Å². The number of nitrogens with zero attached hydrogens (tertiary/aromatic N) is 4. The number of rotatable bonds is 11. The summed E-state index contributed by atoms with van der Waals surface area (Å²) in [6, 6.07) is 29.7. The van der Waals surface area contributed by atoms with Crippen LogP contribution < -0.4 is 4.74 Å². The summed E-state index contributed by atoms with van der Waals surface area (Å²) in [4.78, 5) is 4.73. The zero-order valence-corrected chi connectivity index (χ0v) is 37.1. The van der Waals surface area contributed by atoms with Crippen LogP contribution in [-0.2, 0) is 51.2 Å². The first kappa shape index (κ1) is 41.2. The van der Waals surface area contributed by atoms with Crippen LogP contribution in [0.2, 0.25) is 0 Å². The van der Waals surface area contributed by atoms with Crippen molar-refractivity contribution in [1.29, 1.82) is 0 Å². The zero-order valence-electron chi connectivity index (χ0n) is 34.8. The van der Waals surface area contributed by atoms with Crippen LogP contribution in [0.1, 0.15) is 115 Å². The van der Waals surface area contributed by atoms with Crippen molar-refractivity contribution in [3.63, 3.8) is 0 Å². The molecule has 0 unspecified atom stereocenters. The van der Waals surface area contributed by atoms with E-state index in [2.05, 4.69) is 135 Å². The Hall–Kier alpha value is -4.47. The molecule has 0 spiro atoms. The Morgan fingerprint density at radius 3 is 1.98 bits per heavy atom. The van der Waals surface area contributed by atoms with E-state index in [0.717, 1.165) is 83.0 Å². The molecule has 4 aromatic carbocycles. The number of hydrogen-bond acceptors (Lipinski definition) is 3. The number of hydrogen-bond donors (Lipinski definition) is 0. The van der Waals surface area contributed by atoms with Crippen LogP contribution in [0.25, 0.3) is 44.4 Å². The van der Waals surface area contributed by atoms with E-state index in [9.17, 15) is 0 Å². The molecule has 0 amide bonds. The molecular weight excluding hydrogens is 868 g/mol. The minimum Gasteiger partial charge on any atom is -0.509 e. The number of aryl methyl sites for hydroxylation is 1. The molecule has 7 aromatic rings. The third-order valence-corrected chi connectivity index (χ3v) is 10.6. The van der Waals surface area contributed by atoms with E-state index in [0.29, 0.717) is 11.5 Å². The number of para-hydroxylation sites is 1. The van der Waals surface area contributed by atoms with Crippen molar-refractivity contribution in [2.45, 2.75) is 119 Å². The average molecular weight is 924 g/mol. The quantitative estimate of drug-likeness (QED) is 0.121. The maximum Gasteiger partial charge on any atom is 2.00 e. The Labute approximate surface area is 348 Å². The van der Waals surface area contributed by atoms with Gasteiger partial charge in [-0.25, -0.2) is 4.98 Å². The fourth-order valence-electron chi connectivity index (χ4n) is 8.60. The van der Waals surface area contributed by atoms with Gasteiger partial charge in [-0.05, 0) is 105 Å². The topological polar surface area (TPSA) is 44.9 Å². The molecule has 5 nitrogen and oxygen atoms in total. The molecule has 0 aliphatic heterocycles. The molecule has 0 aliphatic carbocycles. The SMILES string of the molecule is CCCc1c(CCC)c(C(C)(C)C)c(-c2cnn(-c3[c-]c(Oc4[c-]c5c(cc4)c4ccccc4n5-c4cc(C)ccn4)ccc3)c2)c(C(C)(C)C)c1CCC.[Pt+2]. The molecule has 3 aromatic heterocycles. The Balaban J connectivity index is 0.00000532. The van der Waals surface area contributed by atoms with Crippen molar-refractivity contribution in [3.05, 3.63) is 131 Å². The summed E-state index contributed by atoms with van der Waals surface area (Å²) in [7, 11) is 0. The number of pyridine rings is 1. The van der Waals surface area contributed by atoms with E-state index in [-0.39, 0.29) is 31.9 Å². The molecule has 292 valence electrons. The van der Waals surface area contributed by atoms with Crippen molar-refractivity contribution in [1.82, 2.24) is 19.3 Å². The van der Waals surface area contributed by atoms with Gasteiger partial charge in [-0.1, -0.05) is 105 Å². The number of ether oxygens (including phenoxy) is 1. The number of fused-ring (bicyclic) bond motifs is 3. The Morgan fingerprint density at radius 2 is 1.34 bits per heavy atom. The van der Waals surface area contributed by atoms with Gasteiger partial charge in [0, 0.05) is 35.0 Å². The molecule has 7 rings (SSSR count). The maximum atomic E-state index is 6.51. The van der Waals surface area contributed by atoms with E-state index in [4.69, 9.17) is 14.8 Å². The van der Waals surface area contributed by atoms with Gasteiger partial charge >= 0.3 is 21.1 Å². The fraction of sp³-hybridized carbons (Fsp3) is 0.360. The molecule has 0 aliphatic rings. The number of aromatic nitrogens is 4. The second kappa shape index (κ2) is 16.6. The summed E-state index contributed by atoms with van der Waals surface area (Å²) >= 11 is 0. The molecule has 6 heteroatoms. The molecule has 0 fully saturated rings. The van der Waals surface area contributed by atoms with Gasteiger partial charge in [0.15, 0.2) is 0 Å². The monoisotopic (exact) mass is 923 g/mol. The Morgan fingerprint density at radius 1 is 0.696 bits per heavy atom. The van der Waals surface area contributed by atoms with Crippen molar-refractivity contribution >= 4 is 21.8 Å². The average Bonchev–Trinajstić information content (AvgIpc) is 3.75. The summed E-state index contributed by atoms with van der Waals surface area (Å²) in [5.74, 6) is 2.07. The summed E-state index contributed by atoms with van der Waals surface area (Å²) in [5, 5.41) is 7.25. The Kier molecular flexibility index (Phi) is 12.2. The second-order valence-corrected chi connectivity index (χ2v) is 17.1. The minimum atomic E-state index is -0.0479. The van der Waals surface area contributed by atoms with Crippen LogP contribution in [0, 0.1) is 19.1 Å². The van der Waals surface area contributed by atoms with E-state index in [1.54, 1.807) is 16.7 Å². The summed E-state index contributed by atoms with van der Waals surface area (Å²) in [6.45, 7) is 23.4. The van der Waals surface area contributed by atoms with Crippen molar-refractivity contribution in [2.24, 2.45) is 0 Å². The largest absolute Gasteiger partial charge is 2.00 e. The summed E-state index contributed by atoms with van der Waals surface area (Å²) in [5.41, 5.74) is 14.1. The predicted molar refractivity (Wildman–Crippen MR) is 229 cm³/mol. The standard InChI is InChI=1S/C50H56N4O.Pt/c1-11-17-38-41(18-12-2)47(49(5,6)7)46(48(50(8,9)10)42(38)19-13-3)34-31-52-53(32-34)35-20-16-21-36(29-35)55-37-24-25-40-39-22-14-15-23-43(39)54(44(40)30-37)45-28-33(4)26-27-51-45;/h14-16,20-28,31-32H,11-13,17-19H2,1-10H3;/q-2;+2. The van der Waals surface area contributed by atoms with Gasteiger partial charge in [0.25, 0.3) is 0 Å². The summed E-state index contributed by atoms with van der Waals surface area (Å²) < 4.78 is 10.6. The van der Waals surface area contributed by atoms with Crippen molar-refractivity contribution < 1.29 is 25.8 Å².